The molecule has 8 nitrogen and oxygen atoms in total. The molecule has 0 bridgehead atoms. The van der Waals surface area contributed by atoms with E-state index in [0.29, 0.717) is 13.1 Å². The monoisotopic (exact) mass is 364 g/mol. The number of aliphatic imine (C=N–C) groups is 2. The number of carbonyl (C=O) groups excluding carboxylic acids is 4. The predicted octanol–water partition coefficient (Wildman–Crippen LogP) is 3.75. The summed E-state index contributed by atoms with van der Waals surface area (Å²) < 4.78 is 0. The lowest BCUT2D eigenvalue weighted by molar-refractivity contribution is 0.210. The molecule has 0 radical (unpaired) electrons. The van der Waals surface area contributed by atoms with E-state index in [1.165, 1.54) is 44.9 Å². The fourth-order valence-electron chi connectivity index (χ4n) is 3.13. The zero-order valence-electron chi connectivity index (χ0n) is 15.2. The molecule has 0 aromatic heterocycles. The van der Waals surface area contributed by atoms with Gasteiger partial charge in [-0.3, -0.25) is 0 Å². The molecule has 144 valence electrons. The Bertz CT molecular complexity index is 456. The van der Waals surface area contributed by atoms with E-state index in [0.717, 1.165) is 37.8 Å². The molecule has 2 aliphatic rings. The minimum atomic E-state index is -0.0763. The molecule has 0 amide bonds. The van der Waals surface area contributed by atoms with Crippen LogP contribution in [0.5, 0.6) is 0 Å². The van der Waals surface area contributed by atoms with Gasteiger partial charge in [0.2, 0.25) is 24.3 Å². The Morgan fingerprint density at radius 2 is 0.885 bits per heavy atom. The van der Waals surface area contributed by atoms with Gasteiger partial charge in [-0.1, -0.05) is 57.8 Å². The van der Waals surface area contributed by atoms with Crippen molar-refractivity contribution < 1.29 is 19.2 Å². The molecule has 2 fully saturated rings. The smallest absolute Gasteiger partial charge is 0.222 e. The lowest BCUT2D eigenvalue weighted by atomic mass is 9.74. The fourth-order valence-corrected chi connectivity index (χ4v) is 3.13. The van der Waals surface area contributed by atoms with E-state index in [1.54, 1.807) is 12.2 Å². The van der Waals surface area contributed by atoms with Crippen LogP contribution in [0.2, 0.25) is 0 Å². The Labute approximate surface area is 154 Å². The summed E-state index contributed by atoms with van der Waals surface area (Å²) in [5, 5.41) is 10.8. The van der Waals surface area contributed by atoms with E-state index in [4.69, 9.17) is 20.4 Å². The van der Waals surface area contributed by atoms with Gasteiger partial charge >= 0.3 is 0 Å². The van der Waals surface area contributed by atoms with Crippen molar-refractivity contribution in [3.63, 3.8) is 0 Å². The molecular weight excluding hydrogens is 336 g/mol. The molecule has 0 heterocycles. The maximum atomic E-state index is 10.1. The van der Waals surface area contributed by atoms with Gasteiger partial charge in [0.1, 0.15) is 0 Å². The van der Waals surface area contributed by atoms with Gasteiger partial charge in [0.15, 0.2) is 0 Å². The van der Waals surface area contributed by atoms with Crippen LogP contribution in [-0.2, 0) is 19.2 Å². The van der Waals surface area contributed by atoms with Crippen molar-refractivity contribution in [1.82, 2.24) is 0 Å². The molecule has 0 spiro atoms. The average Bonchev–Trinajstić information content (AvgIpc) is 2.69. The van der Waals surface area contributed by atoms with Crippen molar-refractivity contribution in [1.29, 1.82) is 10.8 Å². The van der Waals surface area contributed by atoms with Gasteiger partial charge in [0.25, 0.3) is 0 Å². The van der Waals surface area contributed by atoms with Gasteiger partial charge in [-0.15, -0.1) is 0 Å². The van der Waals surface area contributed by atoms with Crippen LogP contribution in [0.25, 0.3) is 0 Å². The summed E-state index contributed by atoms with van der Waals surface area (Å²) in [6, 6.07) is 0. The second-order valence-corrected chi connectivity index (χ2v) is 6.20. The van der Waals surface area contributed by atoms with E-state index in [-0.39, 0.29) is 5.41 Å². The van der Waals surface area contributed by atoms with Crippen molar-refractivity contribution in [3.05, 3.63) is 0 Å². The Balaban J connectivity index is 0. The van der Waals surface area contributed by atoms with Crippen molar-refractivity contribution in [3.8, 4) is 0 Å². The third kappa shape index (κ3) is 16.4. The van der Waals surface area contributed by atoms with Crippen LogP contribution >= 0.6 is 0 Å². The Hall–Kier alpha value is -2.48. The van der Waals surface area contributed by atoms with E-state index in [2.05, 4.69) is 9.98 Å². The van der Waals surface area contributed by atoms with Crippen LogP contribution in [-0.4, -0.2) is 37.4 Å². The minimum absolute atomic E-state index is 0.0763. The predicted molar refractivity (Wildman–Crippen MR) is 96.0 cm³/mol. The fraction of sp³-hybridized carbons (Fsp3) is 0.778. The highest BCUT2D eigenvalue weighted by Crippen LogP contribution is 2.36. The Morgan fingerprint density at radius 1 is 0.615 bits per heavy atom. The topological polar surface area (TPSA) is 141 Å². The van der Waals surface area contributed by atoms with Crippen molar-refractivity contribution >= 4 is 24.3 Å². The van der Waals surface area contributed by atoms with E-state index in [1.807, 2.05) is 0 Å². The highest BCUT2D eigenvalue weighted by atomic mass is 16.1. The van der Waals surface area contributed by atoms with Crippen LogP contribution in [0.3, 0.4) is 0 Å². The summed E-state index contributed by atoms with van der Waals surface area (Å²) in [6.07, 6.45) is 19.1. The first-order valence-electron chi connectivity index (χ1n) is 8.81. The molecule has 2 rings (SSSR count). The Kier molecular flexibility index (Phi) is 20.4. The highest BCUT2D eigenvalue weighted by molar-refractivity contribution is 5.34. The normalized spacial score (nSPS) is 16.5. The van der Waals surface area contributed by atoms with Crippen molar-refractivity contribution in [2.24, 2.45) is 15.4 Å². The van der Waals surface area contributed by atoms with Crippen LogP contribution in [0, 0.1) is 16.2 Å². The van der Waals surface area contributed by atoms with Crippen molar-refractivity contribution in [2.45, 2.75) is 70.6 Å². The minimum Gasteiger partial charge on any atom is -0.222 e. The maximum absolute atomic E-state index is 10.1. The molecule has 8 heteroatoms. The van der Waals surface area contributed by atoms with Crippen LogP contribution in [0.15, 0.2) is 9.98 Å². The maximum Gasteiger partial charge on any atom is 0.234 e. The molecule has 0 unspecified atom stereocenters. The molecule has 0 aromatic carbocycles. The van der Waals surface area contributed by atoms with Gasteiger partial charge in [-0.2, -0.15) is 0 Å². The molecule has 0 aliphatic heterocycles. The highest BCUT2D eigenvalue weighted by Gasteiger charge is 2.31. The number of nitrogens with zero attached hydrogens (tertiary/aromatic N) is 2. The first-order valence-corrected chi connectivity index (χ1v) is 8.81. The largest absolute Gasteiger partial charge is 0.234 e. The summed E-state index contributed by atoms with van der Waals surface area (Å²) >= 11 is 0. The van der Waals surface area contributed by atoms with E-state index < -0.39 is 0 Å². The molecule has 0 saturated heterocycles. The molecular formula is C18H28N4O4. The summed E-state index contributed by atoms with van der Waals surface area (Å²) in [5.41, 5.74) is -0.0763. The summed E-state index contributed by atoms with van der Waals surface area (Å²) in [7, 11) is 0. The van der Waals surface area contributed by atoms with Gasteiger partial charge in [-0.05, 0) is 12.8 Å². The number of hydrogen-bond donors (Lipinski definition) is 2. The van der Waals surface area contributed by atoms with Gasteiger partial charge in [0.05, 0.1) is 13.1 Å². The standard InChI is InChI=1S/C10H14N2O2.C6H12.2CHNO/c13-8-11-6-10(7-12-9-14)4-2-1-3-5-10;1-2-4-6-5-3-1;2*2-1-3/h1-7H2;1-6H2;2*2H. The quantitative estimate of drug-likeness (QED) is 0.578. The molecule has 2 saturated carbocycles. The molecule has 2 aliphatic carbocycles. The van der Waals surface area contributed by atoms with E-state index in [9.17, 15) is 9.59 Å². The van der Waals surface area contributed by atoms with Gasteiger partial charge in [-0.25, -0.2) is 40.0 Å². The second-order valence-electron chi connectivity index (χ2n) is 6.20. The first kappa shape index (κ1) is 25.8. The number of hydrogen-bond acceptors (Lipinski definition) is 8. The van der Waals surface area contributed by atoms with Crippen LogP contribution in [0.4, 0.5) is 0 Å². The van der Waals surface area contributed by atoms with Crippen LogP contribution < -0.4 is 0 Å². The van der Waals surface area contributed by atoms with Gasteiger partial charge in [0, 0.05) is 5.41 Å². The number of isocyanates is 4. The van der Waals surface area contributed by atoms with Gasteiger partial charge < -0.3 is 0 Å². The second kappa shape index (κ2) is 20.6. The zero-order valence-corrected chi connectivity index (χ0v) is 15.2. The Morgan fingerprint density at radius 3 is 1.15 bits per heavy atom. The molecule has 26 heavy (non-hydrogen) atoms. The zero-order chi connectivity index (χ0) is 19.9. The van der Waals surface area contributed by atoms with E-state index >= 15 is 0 Å². The van der Waals surface area contributed by atoms with Crippen molar-refractivity contribution in [2.75, 3.05) is 13.1 Å². The third-order valence-corrected chi connectivity index (χ3v) is 4.37. The summed E-state index contributed by atoms with van der Waals surface area (Å²) in [5.74, 6) is 0. The SMILES string of the molecule is C1CCCCC1.N=C=O.N=C=O.O=C=NCC1(CN=C=O)CCCCC1. The molecule has 0 atom stereocenters. The lowest BCUT2D eigenvalue weighted by Gasteiger charge is -2.33. The average molecular weight is 364 g/mol. The molecule has 2 N–H and O–H groups in total. The third-order valence-electron chi connectivity index (χ3n) is 4.37. The summed E-state index contributed by atoms with van der Waals surface area (Å²) in [4.78, 5) is 44.1. The number of rotatable bonds is 4. The lowest BCUT2D eigenvalue weighted by Crippen LogP contribution is -2.30. The number of nitrogens with one attached hydrogen (secondary N) is 2. The van der Waals surface area contributed by atoms with Crippen LogP contribution in [0.1, 0.15) is 70.6 Å². The first-order chi connectivity index (χ1) is 12.7. The molecule has 0 aromatic rings. The summed E-state index contributed by atoms with van der Waals surface area (Å²) in [6.45, 7) is 0.892.